The van der Waals surface area contributed by atoms with Gasteiger partial charge in [0.05, 0.1) is 29.2 Å². The Morgan fingerprint density at radius 2 is 2.14 bits per heavy atom. The van der Waals surface area contributed by atoms with Gasteiger partial charge in [-0.3, -0.25) is 4.79 Å². The van der Waals surface area contributed by atoms with Crippen molar-refractivity contribution in [2.75, 3.05) is 6.61 Å². The average Bonchev–Trinajstić information content (AvgIpc) is 3.18. The number of benzene rings is 1. The van der Waals surface area contributed by atoms with Crippen LogP contribution in [0.1, 0.15) is 30.9 Å². The Morgan fingerprint density at radius 1 is 1.29 bits per heavy atom. The summed E-state index contributed by atoms with van der Waals surface area (Å²) in [5.41, 5.74) is 0.891. The van der Waals surface area contributed by atoms with Gasteiger partial charge in [0.1, 0.15) is 17.4 Å². The molecule has 1 amide bonds. The number of rotatable bonds is 2. The molecule has 112 valence electrons. The molecule has 4 nitrogen and oxygen atoms in total. The quantitative estimate of drug-likeness (QED) is 0.907. The number of amides is 1. The van der Waals surface area contributed by atoms with Crippen LogP contribution in [-0.4, -0.2) is 24.7 Å². The summed E-state index contributed by atoms with van der Waals surface area (Å²) in [5, 5.41) is 3.94. The van der Waals surface area contributed by atoms with Gasteiger partial charge < -0.3 is 14.8 Å². The third kappa shape index (κ3) is 2.20. The van der Waals surface area contributed by atoms with E-state index in [0.29, 0.717) is 22.4 Å². The molecule has 0 aliphatic carbocycles. The van der Waals surface area contributed by atoms with E-state index in [-0.39, 0.29) is 30.1 Å². The van der Waals surface area contributed by atoms with Crippen LogP contribution in [0.15, 0.2) is 12.1 Å². The van der Waals surface area contributed by atoms with Crippen molar-refractivity contribution in [1.82, 2.24) is 5.32 Å². The first-order valence-electron chi connectivity index (χ1n) is 7.20. The van der Waals surface area contributed by atoms with E-state index >= 15 is 0 Å². The summed E-state index contributed by atoms with van der Waals surface area (Å²) < 4.78 is 11.3. The van der Waals surface area contributed by atoms with Crippen LogP contribution in [-0.2, 0) is 9.53 Å². The van der Waals surface area contributed by atoms with Crippen molar-refractivity contribution in [3.63, 3.8) is 0 Å². The van der Waals surface area contributed by atoms with E-state index in [1.165, 1.54) is 0 Å². The largest absolute Gasteiger partial charge is 0.489 e. The predicted octanol–water partition coefficient (Wildman–Crippen LogP) is 3.11. The van der Waals surface area contributed by atoms with Crippen molar-refractivity contribution in [3.8, 4) is 5.75 Å². The fourth-order valence-corrected chi connectivity index (χ4v) is 3.91. The maximum Gasteiger partial charge on any atom is 0.226 e. The molecule has 2 saturated heterocycles. The van der Waals surface area contributed by atoms with Crippen molar-refractivity contribution < 1.29 is 14.3 Å². The highest BCUT2D eigenvalue weighted by Gasteiger charge is 2.45. The van der Waals surface area contributed by atoms with Crippen LogP contribution in [0.2, 0.25) is 10.0 Å². The molecule has 0 unspecified atom stereocenters. The molecule has 0 radical (unpaired) electrons. The second-order valence-electron chi connectivity index (χ2n) is 5.87. The van der Waals surface area contributed by atoms with Crippen LogP contribution in [0.25, 0.3) is 0 Å². The highest BCUT2D eigenvalue weighted by Crippen LogP contribution is 2.43. The minimum Gasteiger partial charge on any atom is -0.489 e. The van der Waals surface area contributed by atoms with E-state index < -0.39 is 0 Å². The van der Waals surface area contributed by atoms with E-state index in [1.807, 2.05) is 6.07 Å². The van der Waals surface area contributed by atoms with Gasteiger partial charge in [0.15, 0.2) is 0 Å². The number of hydrogen-bond acceptors (Lipinski definition) is 3. The average molecular weight is 328 g/mol. The number of nitrogens with one attached hydrogen (secondary N) is 1. The zero-order valence-electron chi connectivity index (χ0n) is 11.3. The van der Waals surface area contributed by atoms with Crippen molar-refractivity contribution >= 4 is 29.1 Å². The lowest BCUT2D eigenvalue weighted by Gasteiger charge is -2.20. The molecular weight excluding hydrogens is 313 g/mol. The van der Waals surface area contributed by atoms with Crippen molar-refractivity contribution in [2.45, 2.75) is 37.5 Å². The van der Waals surface area contributed by atoms with Crippen LogP contribution in [0, 0.1) is 5.92 Å². The highest BCUT2D eigenvalue weighted by molar-refractivity contribution is 6.43. The van der Waals surface area contributed by atoms with E-state index in [2.05, 4.69) is 5.32 Å². The van der Waals surface area contributed by atoms with Crippen LogP contribution in [0.5, 0.6) is 5.75 Å². The maximum atomic E-state index is 12.4. The van der Waals surface area contributed by atoms with Crippen molar-refractivity contribution in [3.05, 3.63) is 27.7 Å². The Bertz CT molecular complexity index is 607. The summed E-state index contributed by atoms with van der Waals surface area (Å²) in [6.45, 7) is 0.392. The Morgan fingerprint density at radius 3 is 2.86 bits per heavy atom. The van der Waals surface area contributed by atoms with Gasteiger partial charge in [-0.25, -0.2) is 0 Å². The van der Waals surface area contributed by atoms with E-state index in [0.717, 1.165) is 24.8 Å². The van der Waals surface area contributed by atoms with E-state index in [9.17, 15) is 4.79 Å². The molecule has 2 bridgehead atoms. The molecule has 1 aromatic rings. The maximum absolute atomic E-state index is 12.4. The van der Waals surface area contributed by atoms with Crippen LogP contribution in [0.4, 0.5) is 0 Å². The predicted molar refractivity (Wildman–Crippen MR) is 78.8 cm³/mol. The normalized spacial score (nSPS) is 32.9. The SMILES string of the molecule is O=C(N[C@H]1COc2c1ccc(Cl)c2Cl)[C@H]1C[C@H]2CC[C@H]1O2. The minimum absolute atomic E-state index is 0.0319. The summed E-state index contributed by atoms with van der Waals surface area (Å²) in [4.78, 5) is 12.4. The van der Waals surface area contributed by atoms with Gasteiger partial charge in [0.2, 0.25) is 5.91 Å². The first kappa shape index (κ1) is 13.7. The van der Waals surface area contributed by atoms with E-state index in [1.54, 1.807) is 6.07 Å². The molecule has 4 atom stereocenters. The Kier molecular flexibility index (Phi) is 3.28. The first-order chi connectivity index (χ1) is 10.1. The van der Waals surface area contributed by atoms with Gasteiger partial charge in [-0.1, -0.05) is 29.3 Å². The molecule has 2 fully saturated rings. The Balaban J connectivity index is 1.50. The molecule has 1 N–H and O–H groups in total. The topological polar surface area (TPSA) is 47.6 Å². The zero-order chi connectivity index (χ0) is 14.6. The number of hydrogen-bond donors (Lipinski definition) is 1. The number of carbonyl (C=O) groups is 1. The van der Waals surface area contributed by atoms with Crippen molar-refractivity contribution in [1.29, 1.82) is 0 Å². The molecule has 3 aliphatic rings. The molecule has 1 aromatic carbocycles. The van der Waals surface area contributed by atoms with Gasteiger partial charge in [0, 0.05) is 5.56 Å². The third-order valence-electron chi connectivity index (χ3n) is 4.61. The van der Waals surface area contributed by atoms with Crippen LogP contribution in [0.3, 0.4) is 0 Å². The van der Waals surface area contributed by atoms with Gasteiger partial charge in [-0.15, -0.1) is 0 Å². The molecule has 21 heavy (non-hydrogen) atoms. The fourth-order valence-electron chi connectivity index (χ4n) is 3.54. The van der Waals surface area contributed by atoms with Gasteiger partial charge in [-0.05, 0) is 25.3 Å². The molecule has 3 aliphatic heterocycles. The zero-order valence-corrected chi connectivity index (χ0v) is 12.8. The van der Waals surface area contributed by atoms with Gasteiger partial charge in [0.25, 0.3) is 0 Å². The second kappa shape index (κ2) is 5.04. The summed E-state index contributed by atoms with van der Waals surface area (Å²) in [5.74, 6) is 0.601. The molecule has 0 saturated carbocycles. The molecule has 0 spiro atoms. The monoisotopic (exact) mass is 327 g/mol. The highest BCUT2D eigenvalue weighted by atomic mass is 35.5. The fraction of sp³-hybridized carbons (Fsp3) is 0.533. The van der Waals surface area contributed by atoms with Gasteiger partial charge in [-0.2, -0.15) is 0 Å². The second-order valence-corrected chi connectivity index (χ2v) is 6.65. The number of ether oxygens (including phenoxy) is 2. The number of fused-ring (bicyclic) bond motifs is 3. The standard InChI is InChI=1S/C15H15Cl2NO3/c16-10-3-2-8-11(6-20-14(8)13(10)17)18-15(19)9-5-7-1-4-12(9)21-7/h2-3,7,9,11-12H,1,4-6H2,(H,18,19)/t7-,9+,11+,12-/m1/s1. The molecule has 4 rings (SSSR count). The summed E-state index contributed by atoms with van der Waals surface area (Å²) in [6, 6.07) is 3.43. The minimum atomic E-state index is -0.165. The molecular formula is C15H15Cl2NO3. The Labute approximate surface area is 132 Å². The summed E-state index contributed by atoms with van der Waals surface area (Å²) in [6.07, 6.45) is 3.26. The molecule has 3 heterocycles. The van der Waals surface area contributed by atoms with Crippen LogP contribution < -0.4 is 10.1 Å². The lowest BCUT2D eigenvalue weighted by molar-refractivity contribution is -0.127. The summed E-state index contributed by atoms with van der Waals surface area (Å²) in [7, 11) is 0. The summed E-state index contributed by atoms with van der Waals surface area (Å²) >= 11 is 12.1. The smallest absolute Gasteiger partial charge is 0.226 e. The lowest BCUT2D eigenvalue weighted by Crippen LogP contribution is -2.38. The van der Waals surface area contributed by atoms with Crippen LogP contribution >= 0.6 is 23.2 Å². The number of carbonyl (C=O) groups excluding carboxylic acids is 1. The Hall–Kier alpha value is -0.970. The molecule has 6 heteroatoms. The van der Waals surface area contributed by atoms with E-state index in [4.69, 9.17) is 32.7 Å². The van der Waals surface area contributed by atoms with Gasteiger partial charge >= 0.3 is 0 Å². The number of halogens is 2. The molecule has 0 aromatic heterocycles. The first-order valence-corrected chi connectivity index (χ1v) is 7.95. The van der Waals surface area contributed by atoms with Crippen molar-refractivity contribution in [2.24, 2.45) is 5.92 Å². The lowest BCUT2D eigenvalue weighted by atomic mass is 9.88. The third-order valence-corrected chi connectivity index (χ3v) is 5.40.